The van der Waals surface area contributed by atoms with E-state index >= 15 is 0 Å². The van der Waals surface area contributed by atoms with Gasteiger partial charge in [0.05, 0.1) is 22.9 Å². The van der Waals surface area contributed by atoms with Crippen molar-refractivity contribution in [3.8, 4) is 5.69 Å². The van der Waals surface area contributed by atoms with Crippen molar-refractivity contribution in [1.29, 1.82) is 0 Å². The number of rotatable bonds is 6. The minimum absolute atomic E-state index is 0.221. The summed E-state index contributed by atoms with van der Waals surface area (Å²) in [7, 11) is 0. The van der Waals surface area contributed by atoms with Gasteiger partial charge in [0.25, 0.3) is 0 Å². The van der Waals surface area contributed by atoms with Crippen molar-refractivity contribution in [2.75, 3.05) is 0 Å². The molecule has 3 aromatic rings. The monoisotopic (exact) mass is 367 g/mol. The van der Waals surface area contributed by atoms with Gasteiger partial charge in [-0.05, 0) is 55.5 Å². The van der Waals surface area contributed by atoms with Crippen molar-refractivity contribution in [3.63, 3.8) is 0 Å². The van der Waals surface area contributed by atoms with Crippen LogP contribution in [-0.2, 0) is 4.79 Å². The summed E-state index contributed by atoms with van der Waals surface area (Å²) in [5.74, 6) is -0.519. The quantitative estimate of drug-likeness (QED) is 0.534. The smallest absolute Gasteiger partial charge is 0.358 e. The molecule has 0 saturated carbocycles. The molecule has 8 heteroatoms. The maximum absolute atomic E-state index is 12.6. The summed E-state index contributed by atoms with van der Waals surface area (Å²) in [6, 6.07) is 12.3. The van der Waals surface area contributed by atoms with Crippen LogP contribution in [0.15, 0.2) is 54.9 Å². The van der Waals surface area contributed by atoms with Crippen LogP contribution in [0.25, 0.3) is 5.69 Å². The highest BCUT2D eigenvalue weighted by molar-refractivity contribution is 5.80. The van der Waals surface area contributed by atoms with Gasteiger partial charge in [-0.2, -0.15) is 4.68 Å². The van der Waals surface area contributed by atoms with Gasteiger partial charge in [0.1, 0.15) is 6.04 Å². The van der Waals surface area contributed by atoms with Crippen LogP contribution in [0.5, 0.6) is 0 Å². The number of hydrogen-bond acceptors (Lipinski definition) is 4. The van der Waals surface area contributed by atoms with Crippen molar-refractivity contribution in [2.45, 2.75) is 32.9 Å². The molecule has 2 atom stereocenters. The van der Waals surface area contributed by atoms with Crippen LogP contribution < -0.4 is 5.32 Å². The van der Waals surface area contributed by atoms with Crippen LogP contribution in [0.4, 0.5) is 5.82 Å². The van der Waals surface area contributed by atoms with E-state index in [1.807, 2.05) is 60.3 Å². The Morgan fingerprint density at radius 2 is 1.89 bits per heavy atom. The van der Waals surface area contributed by atoms with E-state index in [0.29, 0.717) is 5.69 Å². The number of hydrogen-bond donors (Lipinski definition) is 1. The number of carbonyl (C=O) groups is 1. The van der Waals surface area contributed by atoms with Crippen molar-refractivity contribution in [3.05, 3.63) is 76.2 Å². The van der Waals surface area contributed by atoms with Gasteiger partial charge in [-0.1, -0.05) is 12.1 Å². The Hall–Kier alpha value is -3.42. The van der Waals surface area contributed by atoms with Crippen molar-refractivity contribution in [1.82, 2.24) is 19.7 Å². The summed E-state index contributed by atoms with van der Waals surface area (Å²) in [5, 5.41) is 17.7. The second-order valence-corrected chi connectivity index (χ2v) is 6.44. The molecule has 2 aromatic heterocycles. The number of amides is 1. The van der Waals surface area contributed by atoms with Crippen molar-refractivity contribution >= 4 is 11.7 Å². The molecule has 1 aromatic carbocycles. The summed E-state index contributed by atoms with van der Waals surface area (Å²) >= 11 is 0. The zero-order chi connectivity index (χ0) is 19.6. The number of benzene rings is 1. The largest absolute Gasteiger partial charge is 0.390 e. The summed E-state index contributed by atoms with van der Waals surface area (Å²) in [6.45, 7) is 5.26. The highest BCUT2D eigenvalue weighted by Crippen LogP contribution is 2.20. The van der Waals surface area contributed by atoms with Crippen LogP contribution in [0.2, 0.25) is 0 Å². The van der Waals surface area contributed by atoms with Crippen LogP contribution >= 0.6 is 0 Å². The fourth-order valence-corrected chi connectivity index (χ4v) is 2.94. The fourth-order valence-electron chi connectivity index (χ4n) is 2.94. The number of nitrogens with zero attached hydrogens (tertiary/aromatic N) is 4. The van der Waals surface area contributed by atoms with Crippen molar-refractivity contribution in [2.24, 2.45) is 0 Å². The normalized spacial score (nSPS) is 13.1. The van der Waals surface area contributed by atoms with Gasteiger partial charge >= 0.3 is 5.82 Å². The van der Waals surface area contributed by atoms with Gasteiger partial charge in [-0.25, -0.2) is 0 Å². The minimum atomic E-state index is -0.659. The molecule has 27 heavy (non-hydrogen) atoms. The third-order valence-electron chi connectivity index (χ3n) is 4.47. The topological polar surface area (TPSA) is 95.0 Å². The van der Waals surface area contributed by atoms with Gasteiger partial charge < -0.3 is 20.0 Å². The molecule has 0 aliphatic heterocycles. The minimum Gasteiger partial charge on any atom is -0.358 e. The number of aryl methyl sites for hydroxylation is 1. The zero-order valence-electron chi connectivity index (χ0n) is 15.4. The van der Waals surface area contributed by atoms with Gasteiger partial charge in [-0.15, -0.1) is 0 Å². The van der Waals surface area contributed by atoms with Crippen LogP contribution in [0.3, 0.4) is 0 Å². The first-order chi connectivity index (χ1) is 12.9. The Morgan fingerprint density at radius 1 is 1.19 bits per heavy atom. The third kappa shape index (κ3) is 3.89. The highest BCUT2D eigenvalue weighted by Gasteiger charge is 2.25. The lowest BCUT2D eigenvalue weighted by Gasteiger charge is -2.18. The molecule has 8 nitrogen and oxygen atoms in total. The summed E-state index contributed by atoms with van der Waals surface area (Å²) in [5.41, 5.74) is 2.53. The van der Waals surface area contributed by atoms with Gasteiger partial charge in [0.2, 0.25) is 5.91 Å². The summed E-state index contributed by atoms with van der Waals surface area (Å²) in [4.78, 5) is 22.9. The SMILES string of the molecule is Cc1cc([N+](=O)[O-])nn1C(C)C(=O)NC(C)c1cccc(-n2cccc2)c1. The standard InChI is InChI=1S/C19H21N5O3/c1-13-11-18(24(26)27)21-23(13)15(3)19(25)20-14(2)16-7-6-8-17(12-16)22-9-4-5-10-22/h4-12,14-15H,1-3H3,(H,20,25). The third-order valence-corrected chi connectivity index (χ3v) is 4.47. The maximum Gasteiger partial charge on any atom is 0.390 e. The van der Waals surface area contributed by atoms with E-state index in [-0.39, 0.29) is 17.8 Å². The van der Waals surface area contributed by atoms with E-state index < -0.39 is 11.0 Å². The van der Waals surface area contributed by atoms with E-state index in [2.05, 4.69) is 10.4 Å². The Kier molecular flexibility index (Phi) is 5.07. The van der Waals surface area contributed by atoms with E-state index in [1.165, 1.54) is 10.7 Å². The molecule has 0 saturated heterocycles. The number of aromatic nitrogens is 3. The molecular weight excluding hydrogens is 346 g/mol. The summed E-state index contributed by atoms with van der Waals surface area (Å²) in [6.07, 6.45) is 3.91. The van der Waals surface area contributed by atoms with Gasteiger partial charge in [0.15, 0.2) is 0 Å². The van der Waals surface area contributed by atoms with Crippen molar-refractivity contribution < 1.29 is 9.72 Å². The molecule has 2 unspecified atom stereocenters. The van der Waals surface area contributed by atoms with Gasteiger partial charge in [0, 0.05) is 18.1 Å². The lowest BCUT2D eigenvalue weighted by Crippen LogP contribution is -2.33. The Morgan fingerprint density at radius 3 is 2.52 bits per heavy atom. The molecule has 0 fully saturated rings. The fraction of sp³-hybridized carbons (Fsp3) is 0.263. The lowest BCUT2D eigenvalue weighted by molar-refractivity contribution is -0.389. The predicted molar refractivity (Wildman–Crippen MR) is 101 cm³/mol. The van der Waals surface area contributed by atoms with E-state index in [0.717, 1.165) is 11.3 Å². The molecule has 0 aliphatic rings. The Bertz CT molecular complexity index is 962. The molecule has 0 aliphatic carbocycles. The average molecular weight is 367 g/mol. The van der Waals surface area contributed by atoms with Crippen LogP contribution in [0, 0.1) is 17.0 Å². The van der Waals surface area contributed by atoms with Gasteiger partial charge in [-0.3, -0.25) is 4.79 Å². The first-order valence-corrected chi connectivity index (χ1v) is 8.61. The number of nitro groups is 1. The molecule has 140 valence electrons. The predicted octanol–water partition coefficient (Wildman–Crippen LogP) is 3.33. The molecule has 3 rings (SSSR count). The zero-order valence-corrected chi connectivity index (χ0v) is 15.4. The van der Waals surface area contributed by atoms with Crippen LogP contribution in [0.1, 0.15) is 37.2 Å². The maximum atomic E-state index is 12.6. The molecule has 1 amide bonds. The molecule has 2 heterocycles. The summed E-state index contributed by atoms with van der Waals surface area (Å²) < 4.78 is 3.36. The first-order valence-electron chi connectivity index (χ1n) is 8.61. The second kappa shape index (κ2) is 7.45. The van der Waals surface area contributed by atoms with E-state index in [9.17, 15) is 14.9 Å². The molecule has 0 bridgehead atoms. The number of nitrogens with one attached hydrogen (secondary N) is 1. The van der Waals surface area contributed by atoms with Crippen LogP contribution in [-0.4, -0.2) is 25.2 Å². The lowest BCUT2D eigenvalue weighted by atomic mass is 10.1. The molecule has 0 spiro atoms. The molecule has 1 N–H and O–H groups in total. The molecular formula is C19H21N5O3. The van der Waals surface area contributed by atoms with E-state index in [1.54, 1.807) is 13.8 Å². The first kappa shape index (κ1) is 18.4. The van der Waals surface area contributed by atoms with E-state index in [4.69, 9.17) is 0 Å². The highest BCUT2D eigenvalue weighted by atomic mass is 16.6. The molecule has 0 radical (unpaired) electrons. The average Bonchev–Trinajstić information content (AvgIpc) is 3.31. The Balaban J connectivity index is 1.74. The number of carbonyl (C=O) groups excluding carboxylic acids is 1. The Labute approximate surface area is 156 Å². The second-order valence-electron chi connectivity index (χ2n) is 6.44.